The van der Waals surface area contributed by atoms with Crippen molar-refractivity contribution in [1.82, 2.24) is 15.3 Å². The van der Waals surface area contributed by atoms with Crippen molar-refractivity contribution in [3.63, 3.8) is 0 Å². The molecule has 0 radical (unpaired) electrons. The van der Waals surface area contributed by atoms with Crippen molar-refractivity contribution in [1.29, 1.82) is 0 Å². The van der Waals surface area contributed by atoms with Crippen molar-refractivity contribution in [2.24, 2.45) is 0 Å². The van der Waals surface area contributed by atoms with Crippen LogP contribution in [-0.4, -0.2) is 34.5 Å². The molecule has 24 heavy (non-hydrogen) atoms. The fourth-order valence-corrected chi connectivity index (χ4v) is 2.28. The van der Waals surface area contributed by atoms with Crippen molar-refractivity contribution in [3.8, 4) is 0 Å². The highest BCUT2D eigenvalue weighted by Crippen LogP contribution is 2.08. The van der Waals surface area contributed by atoms with Crippen molar-refractivity contribution < 1.29 is 14.3 Å². The van der Waals surface area contributed by atoms with Gasteiger partial charge in [-0.15, -0.1) is 0 Å². The van der Waals surface area contributed by atoms with Gasteiger partial charge in [-0.05, 0) is 32.4 Å². The molecule has 2 N–H and O–H groups in total. The lowest BCUT2D eigenvalue weighted by Crippen LogP contribution is -2.35. The first-order valence-corrected chi connectivity index (χ1v) is 7.96. The van der Waals surface area contributed by atoms with E-state index >= 15 is 0 Å². The molecule has 1 amide bonds. The maximum Gasteiger partial charge on any atom is 0.306 e. The summed E-state index contributed by atoms with van der Waals surface area (Å²) in [6.07, 6.45) is 0.267. The molecule has 0 fully saturated rings. The molecule has 0 saturated carbocycles. The number of H-pyrrole nitrogens is 1. The number of esters is 1. The van der Waals surface area contributed by atoms with Crippen LogP contribution in [0.15, 0.2) is 29.1 Å². The van der Waals surface area contributed by atoms with E-state index in [2.05, 4.69) is 15.3 Å². The van der Waals surface area contributed by atoms with Crippen molar-refractivity contribution >= 4 is 22.8 Å². The minimum atomic E-state index is -0.809. The first kappa shape index (κ1) is 17.7. The molecule has 1 heterocycles. The quantitative estimate of drug-likeness (QED) is 0.745. The molecule has 128 valence electrons. The largest absolute Gasteiger partial charge is 0.453 e. The minimum Gasteiger partial charge on any atom is -0.453 e. The van der Waals surface area contributed by atoms with Crippen LogP contribution < -0.4 is 10.9 Å². The van der Waals surface area contributed by atoms with Crippen LogP contribution in [0, 0.1) is 0 Å². The number of amides is 1. The molecule has 0 aliphatic carbocycles. The van der Waals surface area contributed by atoms with Crippen LogP contribution in [0.5, 0.6) is 0 Å². The average Bonchev–Trinajstić information content (AvgIpc) is 2.55. The number of benzene rings is 1. The normalized spacial score (nSPS) is 11.9. The first-order chi connectivity index (χ1) is 11.5. The number of para-hydroxylation sites is 1. The molecular formula is C17H21N3O4. The number of rotatable bonds is 7. The van der Waals surface area contributed by atoms with Gasteiger partial charge in [-0.2, -0.15) is 0 Å². The van der Waals surface area contributed by atoms with Crippen LogP contribution in [0.4, 0.5) is 0 Å². The van der Waals surface area contributed by atoms with Crippen LogP contribution in [0.25, 0.3) is 10.9 Å². The number of carbonyl (C=O) groups excluding carboxylic acids is 2. The van der Waals surface area contributed by atoms with Gasteiger partial charge in [0.2, 0.25) is 0 Å². The molecule has 0 aliphatic heterocycles. The summed E-state index contributed by atoms with van der Waals surface area (Å²) in [4.78, 5) is 42.3. The van der Waals surface area contributed by atoms with E-state index in [1.807, 2.05) is 6.07 Å². The van der Waals surface area contributed by atoms with Crippen molar-refractivity contribution in [2.75, 3.05) is 6.54 Å². The number of nitrogens with one attached hydrogen (secondary N) is 2. The Hall–Kier alpha value is -2.70. The molecule has 7 nitrogen and oxygen atoms in total. The molecule has 7 heteroatoms. The van der Waals surface area contributed by atoms with Gasteiger partial charge in [-0.1, -0.05) is 12.1 Å². The summed E-state index contributed by atoms with van der Waals surface area (Å²) in [6, 6.07) is 7.09. The van der Waals surface area contributed by atoms with Gasteiger partial charge < -0.3 is 15.0 Å². The van der Waals surface area contributed by atoms with Crippen LogP contribution in [-0.2, 0) is 20.7 Å². The van der Waals surface area contributed by atoms with E-state index in [0.29, 0.717) is 36.1 Å². The second-order valence-electron chi connectivity index (χ2n) is 5.41. The predicted octanol–water partition coefficient (Wildman–Crippen LogP) is 1.31. The topological polar surface area (TPSA) is 101 Å². The highest BCUT2D eigenvalue weighted by Gasteiger charge is 2.16. The lowest BCUT2D eigenvalue weighted by molar-refractivity contribution is -0.154. The zero-order chi connectivity index (χ0) is 17.5. The number of likely N-dealkylation sites (N-methyl/N-ethyl adjacent to an activating group) is 1. The van der Waals surface area contributed by atoms with Crippen LogP contribution in [0.3, 0.4) is 0 Å². The Morgan fingerprint density at radius 1 is 1.33 bits per heavy atom. The molecule has 0 saturated heterocycles. The highest BCUT2D eigenvalue weighted by molar-refractivity contribution is 5.83. The van der Waals surface area contributed by atoms with Crippen molar-refractivity contribution in [3.05, 3.63) is 40.4 Å². The Labute approximate surface area is 139 Å². The van der Waals surface area contributed by atoms with Crippen LogP contribution >= 0.6 is 0 Å². The maximum absolute atomic E-state index is 11.9. The lowest BCUT2D eigenvalue weighted by atomic mass is 10.2. The van der Waals surface area contributed by atoms with Gasteiger partial charge in [0.25, 0.3) is 11.5 Å². The SMILES string of the molecule is CCNC(=O)[C@H](C)OC(=O)CCCc1nc2ccccc2c(=O)[nH]1. The molecular weight excluding hydrogens is 310 g/mol. The monoisotopic (exact) mass is 331 g/mol. The molecule has 0 bridgehead atoms. The van der Waals surface area contributed by atoms with E-state index in [4.69, 9.17) is 4.74 Å². The van der Waals surface area contributed by atoms with Gasteiger partial charge in [0.1, 0.15) is 5.82 Å². The van der Waals surface area contributed by atoms with Crippen LogP contribution in [0.1, 0.15) is 32.5 Å². The maximum atomic E-state index is 11.9. The Bertz CT molecular complexity index is 785. The van der Waals surface area contributed by atoms with Gasteiger partial charge in [0.05, 0.1) is 10.9 Å². The molecule has 0 unspecified atom stereocenters. The van der Waals surface area contributed by atoms with Gasteiger partial charge in [0.15, 0.2) is 6.10 Å². The van der Waals surface area contributed by atoms with Crippen LogP contribution in [0.2, 0.25) is 0 Å². The van der Waals surface area contributed by atoms with Gasteiger partial charge in [0, 0.05) is 19.4 Å². The van der Waals surface area contributed by atoms with E-state index in [1.54, 1.807) is 25.1 Å². The van der Waals surface area contributed by atoms with E-state index in [1.165, 1.54) is 6.92 Å². The molecule has 1 atom stereocenters. The standard InChI is InChI=1S/C17H21N3O4/c1-3-18-16(22)11(2)24-15(21)10-6-9-14-19-13-8-5-4-7-12(13)17(23)20-14/h4-5,7-8,11H,3,6,9-10H2,1-2H3,(H,18,22)(H,19,20,23)/t11-/m0/s1. The summed E-state index contributed by atoms with van der Waals surface area (Å²) in [6.45, 7) is 3.82. The predicted molar refractivity (Wildman–Crippen MR) is 89.5 cm³/mol. The van der Waals surface area contributed by atoms with E-state index in [0.717, 1.165) is 0 Å². The molecule has 2 aromatic rings. The lowest BCUT2D eigenvalue weighted by Gasteiger charge is -2.12. The molecule has 0 spiro atoms. The summed E-state index contributed by atoms with van der Waals surface area (Å²) in [7, 11) is 0. The third-order valence-corrected chi connectivity index (χ3v) is 3.48. The Morgan fingerprint density at radius 3 is 2.83 bits per heavy atom. The zero-order valence-corrected chi connectivity index (χ0v) is 13.8. The van der Waals surface area contributed by atoms with E-state index in [-0.39, 0.29) is 17.9 Å². The Balaban J connectivity index is 1.87. The number of aryl methyl sites for hydroxylation is 1. The van der Waals surface area contributed by atoms with E-state index < -0.39 is 12.1 Å². The van der Waals surface area contributed by atoms with Gasteiger partial charge >= 0.3 is 5.97 Å². The average molecular weight is 331 g/mol. The van der Waals surface area contributed by atoms with E-state index in [9.17, 15) is 14.4 Å². The molecule has 0 aliphatic rings. The van der Waals surface area contributed by atoms with Gasteiger partial charge in [-0.3, -0.25) is 14.4 Å². The first-order valence-electron chi connectivity index (χ1n) is 7.96. The zero-order valence-electron chi connectivity index (χ0n) is 13.8. The Kier molecular flexibility index (Phi) is 6.06. The third-order valence-electron chi connectivity index (χ3n) is 3.48. The summed E-state index contributed by atoms with van der Waals surface area (Å²) < 4.78 is 5.05. The number of carbonyl (C=O) groups is 2. The molecule has 2 rings (SSSR count). The smallest absolute Gasteiger partial charge is 0.306 e. The number of aromatic amines is 1. The summed E-state index contributed by atoms with van der Waals surface area (Å²) in [5.41, 5.74) is 0.437. The summed E-state index contributed by atoms with van der Waals surface area (Å²) in [5.74, 6) is -0.230. The number of hydrogen-bond donors (Lipinski definition) is 2. The number of nitrogens with zero attached hydrogens (tertiary/aromatic N) is 1. The van der Waals surface area contributed by atoms with Gasteiger partial charge in [-0.25, -0.2) is 4.98 Å². The second-order valence-corrected chi connectivity index (χ2v) is 5.41. The highest BCUT2D eigenvalue weighted by atomic mass is 16.5. The minimum absolute atomic E-state index is 0.153. The fourth-order valence-electron chi connectivity index (χ4n) is 2.28. The number of fused-ring (bicyclic) bond motifs is 1. The molecule has 1 aromatic heterocycles. The summed E-state index contributed by atoms with van der Waals surface area (Å²) >= 11 is 0. The second kappa shape index (κ2) is 8.24. The number of hydrogen-bond acceptors (Lipinski definition) is 5. The fraction of sp³-hybridized carbons (Fsp3) is 0.412. The number of aromatic nitrogens is 2. The number of ether oxygens (including phenoxy) is 1. The van der Waals surface area contributed by atoms with Crippen molar-refractivity contribution in [2.45, 2.75) is 39.2 Å². The third kappa shape index (κ3) is 4.65. The molecule has 1 aromatic carbocycles. The summed E-state index contributed by atoms with van der Waals surface area (Å²) in [5, 5.41) is 3.13. The Morgan fingerprint density at radius 2 is 2.08 bits per heavy atom.